The van der Waals surface area contributed by atoms with Crippen LogP contribution in [0.25, 0.3) is 0 Å². The van der Waals surface area contributed by atoms with Crippen molar-refractivity contribution in [2.75, 3.05) is 0 Å². The molecule has 0 spiro atoms. The summed E-state index contributed by atoms with van der Waals surface area (Å²) >= 11 is 0. The van der Waals surface area contributed by atoms with Gasteiger partial charge in [-0.15, -0.1) is 0 Å². The number of nitrogens with zero attached hydrogens (tertiary/aromatic N) is 1. The van der Waals surface area contributed by atoms with Crippen LogP contribution in [0, 0.1) is 0 Å². The van der Waals surface area contributed by atoms with Gasteiger partial charge in [-0.1, -0.05) is 85.5 Å². The van der Waals surface area contributed by atoms with Gasteiger partial charge in [0, 0.05) is 0 Å². The number of hydrogen-bond donors (Lipinski definition) is 0. The first-order valence-corrected chi connectivity index (χ1v) is 15.9. The standard InChI is InChI=1S/C19H43NSi2/c1-8-12-13-14-15-16-17-18-19-20(21(5,6)7)22(9-2,10-3)11-4/h18-19H,8-17H2,1-7H3. The van der Waals surface area contributed by atoms with Crippen molar-refractivity contribution in [3.05, 3.63) is 12.3 Å². The van der Waals surface area contributed by atoms with Crippen LogP contribution >= 0.6 is 0 Å². The minimum absolute atomic E-state index is 1.26. The van der Waals surface area contributed by atoms with Gasteiger partial charge in [0.2, 0.25) is 0 Å². The van der Waals surface area contributed by atoms with Gasteiger partial charge in [0.1, 0.15) is 16.5 Å². The molecular weight excluding hydrogens is 298 g/mol. The lowest BCUT2D eigenvalue weighted by molar-refractivity contribution is 0.610. The highest BCUT2D eigenvalue weighted by Crippen LogP contribution is 2.30. The van der Waals surface area contributed by atoms with Crippen molar-refractivity contribution in [1.29, 1.82) is 0 Å². The van der Waals surface area contributed by atoms with Crippen LogP contribution in [0.4, 0.5) is 0 Å². The monoisotopic (exact) mass is 341 g/mol. The molecule has 0 amide bonds. The fourth-order valence-corrected chi connectivity index (χ4v) is 14.2. The van der Waals surface area contributed by atoms with Crippen molar-refractivity contribution < 1.29 is 0 Å². The van der Waals surface area contributed by atoms with Crippen LogP contribution in [0.5, 0.6) is 0 Å². The van der Waals surface area contributed by atoms with Gasteiger partial charge >= 0.3 is 0 Å². The molecular formula is C19H43NSi2. The highest BCUT2D eigenvalue weighted by molar-refractivity contribution is 6.91. The van der Waals surface area contributed by atoms with Crippen molar-refractivity contribution >= 4 is 16.5 Å². The molecule has 3 heteroatoms. The molecule has 0 aliphatic carbocycles. The molecule has 0 radical (unpaired) electrons. The normalized spacial score (nSPS) is 13.0. The molecule has 0 unspecified atom stereocenters. The quantitative estimate of drug-likeness (QED) is 0.249. The van der Waals surface area contributed by atoms with E-state index in [1.165, 1.54) is 63.1 Å². The molecule has 0 aromatic rings. The van der Waals surface area contributed by atoms with Gasteiger partial charge in [0.05, 0.1) is 0 Å². The summed E-state index contributed by atoms with van der Waals surface area (Å²) in [6.45, 7) is 17.1. The molecule has 0 aliphatic rings. The van der Waals surface area contributed by atoms with E-state index in [0.29, 0.717) is 0 Å². The summed E-state index contributed by atoms with van der Waals surface area (Å²) in [5.41, 5.74) is 0. The highest BCUT2D eigenvalue weighted by atomic mass is 28.4. The smallest absolute Gasteiger partial charge is 0.146 e. The highest BCUT2D eigenvalue weighted by Gasteiger charge is 2.39. The Morgan fingerprint density at radius 2 is 1.23 bits per heavy atom. The fourth-order valence-electron chi connectivity index (χ4n) is 3.58. The molecule has 0 bridgehead atoms. The molecule has 0 saturated carbocycles. The summed E-state index contributed by atoms with van der Waals surface area (Å²) in [5.74, 6) is 0. The minimum atomic E-state index is -1.26. The molecule has 0 heterocycles. The Hall–Kier alpha value is -0.0262. The summed E-state index contributed by atoms with van der Waals surface area (Å²) in [4.78, 5) is 0. The maximum Gasteiger partial charge on any atom is 0.146 e. The maximum atomic E-state index is 2.91. The average Bonchev–Trinajstić information content (AvgIpc) is 2.48. The van der Waals surface area contributed by atoms with Gasteiger partial charge in [-0.3, -0.25) is 0 Å². The summed E-state index contributed by atoms with van der Waals surface area (Å²) in [6.07, 6.45) is 14.7. The second-order valence-electron chi connectivity index (χ2n) is 7.77. The Kier molecular flexibility index (Phi) is 11.5. The molecule has 0 aromatic carbocycles. The number of rotatable bonds is 13. The van der Waals surface area contributed by atoms with E-state index < -0.39 is 16.5 Å². The van der Waals surface area contributed by atoms with E-state index in [1.807, 2.05) is 0 Å². The predicted octanol–water partition coefficient (Wildman–Crippen LogP) is 7.39. The van der Waals surface area contributed by atoms with Crippen LogP contribution in [0.15, 0.2) is 12.3 Å². The molecule has 1 nitrogen and oxygen atoms in total. The molecule has 0 aromatic heterocycles. The Labute approximate surface area is 143 Å². The van der Waals surface area contributed by atoms with Gasteiger partial charge in [-0.2, -0.15) is 0 Å². The third-order valence-corrected chi connectivity index (χ3v) is 15.3. The Bertz CT molecular complexity index is 282. The van der Waals surface area contributed by atoms with E-state index in [2.05, 4.69) is 63.8 Å². The summed E-state index contributed by atoms with van der Waals surface area (Å²) in [5, 5.41) is 0. The van der Waals surface area contributed by atoms with Crippen LogP contribution < -0.4 is 0 Å². The van der Waals surface area contributed by atoms with Crippen molar-refractivity contribution in [2.45, 2.75) is 110 Å². The topological polar surface area (TPSA) is 3.24 Å². The largest absolute Gasteiger partial charge is 0.430 e. The Morgan fingerprint density at radius 3 is 1.68 bits per heavy atom. The summed E-state index contributed by atoms with van der Waals surface area (Å²) in [7, 11) is -2.52. The van der Waals surface area contributed by atoms with Gasteiger partial charge in [0.25, 0.3) is 0 Å². The predicted molar refractivity (Wildman–Crippen MR) is 110 cm³/mol. The lowest BCUT2D eigenvalue weighted by Crippen LogP contribution is -2.59. The second-order valence-corrected chi connectivity index (χ2v) is 18.1. The molecule has 22 heavy (non-hydrogen) atoms. The third kappa shape index (κ3) is 7.50. The van der Waals surface area contributed by atoms with Crippen molar-refractivity contribution in [1.82, 2.24) is 4.23 Å². The summed E-state index contributed by atoms with van der Waals surface area (Å²) in [6, 6.07) is 4.18. The number of unbranched alkanes of at least 4 members (excludes halogenated alkanes) is 6. The van der Waals surface area contributed by atoms with Crippen molar-refractivity contribution in [3.8, 4) is 0 Å². The van der Waals surface area contributed by atoms with Crippen LogP contribution in [0.1, 0.15) is 72.6 Å². The van der Waals surface area contributed by atoms with Crippen LogP contribution in [-0.2, 0) is 0 Å². The first-order chi connectivity index (χ1) is 10.4. The van der Waals surface area contributed by atoms with Gasteiger partial charge in [-0.05, 0) is 37.2 Å². The lowest BCUT2D eigenvalue weighted by atomic mass is 10.1. The van der Waals surface area contributed by atoms with E-state index in [-0.39, 0.29) is 0 Å². The van der Waals surface area contributed by atoms with Gasteiger partial charge < -0.3 is 4.23 Å². The molecule has 132 valence electrons. The zero-order valence-corrected chi connectivity index (χ0v) is 18.7. The zero-order valence-electron chi connectivity index (χ0n) is 16.7. The van der Waals surface area contributed by atoms with E-state index in [0.717, 1.165) is 0 Å². The van der Waals surface area contributed by atoms with E-state index >= 15 is 0 Å². The zero-order chi connectivity index (χ0) is 17.1. The minimum Gasteiger partial charge on any atom is -0.430 e. The number of hydrogen-bond acceptors (Lipinski definition) is 1. The molecule has 0 atom stereocenters. The van der Waals surface area contributed by atoms with Crippen molar-refractivity contribution in [2.24, 2.45) is 0 Å². The molecule has 0 aliphatic heterocycles. The van der Waals surface area contributed by atoms with Gasteiger partial charge in [-0.25, -0.2) is 0 Å². The van der Waals surface area contributed by atoms with Crippen LogP contribution in [0.3, 0.4) is 0 Å². The van der Waals surface area contributed by atoms with Crippen LogP contribution in [-0.4, -0.2) is 20.7 Å². The third-order valence-electron chi connectivity index (χ3n) is 5.19. The molecule has 0 rings (SSSR count). The molecule has 0 N–H and O–H groups in total. The molecule has 0 fully saturated rings. The van der Waals surface area contributed by atoms with E-state index in [4.69, 9.17) is 0 Å². The van der Waals surface area contributed by atoms with E-state index in [1.54, 1.807) is 0 Å². The fraction of sp³-hybridized carbons (Fsp3) is 0.895. The van der Waals surface area contributed by atoms with Gasteiger partial charge in [0.15, 0.2) is 0 Å². The summed E-state index contributed by atoms with van der Waals surface area (Å²) < 4.78 is 2.91. The lowest BCUT2D eigenvalue weighted by Gasteiger charge is -2.48. The second kappa shape index (κ2) is 11.5. The van der Waals surface area contributed by atoms with E-state index in [9.17, 15) is 0 Å². The van der Waals surface area contributed by atoms with Crippen LogP contribution in [0.2, 0.25) is 37.8 Å². The van der Waals surface area contributed by atoms with Crippen molar-refractivity contribution in [3.63, 3.8) is 0 Å². The first-order valence-electron chi connectivity index (χ1n) is 9.84. The Balaban J connectivity index is 4.52. The number of allylic oxidation sites excluding steroid dienone is 1. The Morgan fingerprint density at radius 1 is 0.727 bits per heavy atom. The first kappa shape index (κ1) is 22.0. The average molecular weight is 342 g/mol. The molecule has 0 saturated heterocycles. The SMILES string of the molecule is CCCCCCCCC=CN([Si](C)(C)C)[Si](CC)(CC)CC. The maximum absolute atomic E-state index is 2.91.